The summed E-state index contributed by atoms with van der Waals surface area (Å²) in [6, 6.07) is 5.28. The number of sulfone groups is 1. The standard InChI is InChI=1S/C16H19N3O4S/c1-24(21,22)16-17-14(12-5-2-3-8-19(12)16)15(20)18-9-10-23-13-7-4-6-11(13)18/h2-3,5,8,11,13H,4,6-7,9-10H2,1H3. The van der Waals surface area contributed by atoms with Crippen molar-refractivity contribution in [3.8, 4) is 0 Å². The molecule has 2 aliphatic rings. The maximum absolute atomic E-state index is 13.1. The van der Waals surface area contributed by atoms with E-state index in [0.29, 0.717) is 18.7 Å². The van der Waals surface area contributed by atoms with E-state index in [4.69, 9.17) is 4.74 Å². The molecule has 7 nitrogen and oxygen atoms in total. The summed E-state index contributed by atoms with van der Waals surface area (Å²) in [5.41, 5.74) is 0.715. The lowest BCUT2D eigenvalue weighted by atomic mass is 10.1. The largest absolute Gasteiger partial charge is 0.374 e. The van der Waals surface area contributed by atoms with Crippen LogP contribution in [0.5, 0.6) is 0 Å². The Bertz CT molecular complexity index is 905. The Morgan fingerprint density at radius 2 is 2.17 bits per heavy atom. The molecule has 2 fully saturated rings. The van der Waals surface area contributed by atoms with E-state index in [1.807, 2.05) is 4.90 Å². The van der Waals surface area contributed by atoms with Crippen molar-refractivity contribution in [3.05, 3.63) is 30.1 Å². The van der Waals surface area contributed by atoms with E-state index in [9.17, 15) is 13.2 Å². The number of carbonyl (C=O) groups excluding carboxylic acids is 1. The number of carbonyl (C=O) groups is 1. The van der Waals surface area contributed by atoms with Gasteiger partial charge in [0.05, 0.1) is 24.3 Å². The lowest BCUT2D eigenvalue weighted by Gasteiger charge is -2.37. The molecule has 1 amide bonds. The summed E-state index contributed by atoms with van der Waals surface area (Å²) in [5.74, 6) is -0.214. The molecule has 1 saturated carbocycles. The molecule has 0 aromatic carbocycles. The average Bonchev–Trinajstić information content (AvgIpc) is 3.17. The summed E-state index contributed by atoms with van der Waals surface area (Å²) in [6.45, 7) is 1.03. The molecule has 3 heterocycles. The van der Waals surface area contributed by atoms with Crippen LogP contribution in [0.3, 0.4) is 0 Å². The second-order valence-corrected chi connectivity index (χ2v) is 8.29. The van der Waals surface area contributed by atoms with E-state index in [1.165, 1.54) is 4.40 Å². The third kappa shape index (κ3) is 2.41. The SMILES string of the molecule is CS(=O)(=O)c1nc(C(=O)N2CCOC3CCCC32)c2ccccn12. The third-order valence-electron chi connectivity index (χ3n) is 4.79. The molecule has 2 atom stereocenters. The van der Waals surface area contributed by atoms with Crippen molar-refractivity contribution < 1.29 is 17.9 Å². The Morgan fingerprint density at radius 3 is 2.96 bits per heavy atom. The van der Waals surface area contributed by atoms with Gasteiger partial charge in [-0.05, 0) is 31.4 Å². The monoisotopic (exact) mass is 349 g/mol. The average molecular weight is 349 g/mol. The molecule has 24 heavy (non-hydrogen) atoms. The molecule has 0 N–H and O–H groups in total. The van der Waals surface area contributed by atoms with E-state index in [2.05, 4.69) is 4.98 Å². The van der Waals surface area contributed by atoms with Crippen LogP contribution in [0.15, 0.2) is 29.6 Å². The third-order valence-corrected chi connectivity index (χ3v) is 5.74. The van der Waals surface area contributed by atoms with Gasteiger partial charge in [-0.3, -0.25) is 9.20 Å². The van der Waals surface area contributed by atoms with Crippen LogP contribution in [0.25, 0.3) is 5.52 Å². The van der Waals surface area contributed by atoms with E-state index in [0.717, 1.165) is 25.5 Å². The summed E-state index contributed by atoms with van der Waals surface area (Å²) >= 11 is 0. The van der Waals surface area contributed by atoms with Gasteiger partial charge in [-0.15, -0.1) is 0 Å². The summed E-state index contributed by atoms with van der Waals surface area (Å²) in [6.07, 6.45) is 5.73. The van der Waals surface area contributed by atoms with Gasteiger partial charge in [0.15, 0.2) is 5.69 Å². The number of aromatic nitrogens is 2. The Balaban J connectivity index is 1.80. The number of fused-ring (bicyclic) bond motifs is 2. The Kier molecular flexibility index (Phi) is 3.61. The minimum absolute atomic E-state index is 0.0633. The number of amides is 1. The second kappa shape index (κ2) is 5.56. The van der Waals surface area contributed by atoms with Gasteiger partial charge in [0.25, 0.3) is 5.91 Å². The predicted molar refractivity (Wildman–Crippen MR) is 86.7 cm³/mol. The summed E-state index contributed by atoms with van der Waals surface area (Å²) in [5, 5.41) is -0.0994. The quantitative estimate of drug-likeness (QED) is 0.812. The van der Waals surface area contributed by atoms with Crippen molar-refractivity contribution in [2.75, 3.05) is 19.4 Å². The number of hydrogen-bond acceptors (Lipinski definition) is 5. The molecule has 1 aliphatic carbocycles. The number of ether oxygens (including phenoxy) is 1. The molecule has 128 valence electrons. The fourth-order valence-corrected chi connectivity index (χ4v) is 4.52. The topological polar surface area (TPSA) is 81.0 Å². The van der Waals surface area contributed by atoms with Crippen LogP contribution in [-0.4, -0.2) is 60.2 Å². The zero-order chi connectivity index (χ0) is 16.9. The van der Waals surface area contributed by atoms with E-state index >= 15 is 0 Å². The van der Waals surface area contributed by atoms with Gasteiger partial charge in [-0.1, -0.05) is 6.07 Å². The lowest BCUT2D eigenvalue weighted by molar-refractivity contribution is -0.0446. The molecule has 1 saturated heterocycles. The van der Waals surface area contributed by atoms with Crippen molar-refractivity contribution in [1.29, 1.82) is 0 Å². The number of morpholine rings is 1. The highest BCUT2D eigenvalue weighted by molar-refractivity contribution is 7.90. The second-order valence-electron chi connectivity index (χ2n) is 6.38. The number of nitrogens with zero attached hydrogens (tertiary/aromatic N) is 3. The van der Waals surface area contributed by atoms with Crippen LogP contribution >= 0.6 is 0 Å². The van der Waals surface area contributed by atoms with E-state index in [1.54, 1.807) is 24.4 Å². The first kappa shape index (κ1) is 15.6. The maximum Gasteiger partial charge on any atom is 0.275 e. The smallest absolute Gasteiger partial charge is 0.275 e. The first-order valence-electron chi connectivity index (χ1n) is 8.06. The number of pyridine rings is 1. The molecule has 0 bridgehead atoms. The van der Waals surface area contributed by atoms with Crippen LogP contribution in [0, 0.1) is 0 Å². The molecule has 4 rings (SSSR count). The molecule has 0 spiro atoms. The fourth-order valence-electron chi connectivity index (χ4n) is 3.74. The van der Waals surface area contributed by atoms with Crippen molar-refractivity contribution >= 4 is 21.3 Å². The van der Waals surface area contributed by atoms with Crippen LogP contribution in [0.4, 0.5) is 0 Å². The van der Waals surface area contributed by atoms with Crippen LogP contribution < -0.4 is 0 Å². The molecule has 2 aromatic rings. The van der Waals surface area contributed by atoms with Gasteiger partial charge in [-0.25, -0.2) is 13.4 Å². The van der Waals surface area contributed by atoms with Gasteiger partial charge >= 0.3 is 0 Å². The van der Waals surface area contributed by atoms with Crippen LogP contribution in [0.2, 0.25) is 0 Å². The lowest BCUT2D eigenvalue weighted by Crippen LogP contribution is -2.51. The van der Waals surface area contributed by atoms with E-state index in [-0.39, 0.29) is 28.9 Å². The predicted octanol–water partition coefficient (Wildman–Crippen LogP) is 1.13. The normalized spacial score (nSPS) is 24.3. The molecular weight excluding hydrogens is 330 g/mol. The van der Waals surface area contributed by atoms with Crippen molar-refractivity contribution in [1.82, 2.24) is 14.3 Å². The highest BCUT2D eigenvalue weighted by atomic mass is 32.2. The van der Waals surface area contributed by atoms with E-state index < -0.39 is 9.84 Å². The molecule has 8 heteroatoms. The summed E-state index contributed by atoms with van der Waals surface area (Å²) in [4.78, 5) is 19.1. The van der Waals surface area contributed by atoms with Gasteiger partial charge in [0.1, 0.15) is 0 Å². The van der Waals surface area contributed by atoms with Crippen molar-refractivity contribution in [2.45, 2.75) is 36.6 Å². The van der Waals surface area contributed by atoms with Crippen molar-refractivity contribution in [3.63, 3.8) is 0 Å². The van der Waals surface area contributed by atoms with Gasteiger partial charge < -0.3 is 9.64 Å². The number of hydrogen-bond donors (Lipinski definition) is 0. The molecule has 2 aromatic heterocycles. The van der Waals surface area contributed by atoms with Gasteiger partial charge in [-0.2, -0.15) is 0 Å². The maximum atomic E-state index is 13.1. The summed E-state index contributed by atoms with van der Waals surface area (Å²) in [7, 11) is -3.53. The highest BCUT2D eigenvalue weighted by Gasteiger charge is 2.40. The Morgan fingerprint density at radius 1 is 1.33 bits per heavy atom. The highest BCUT2D eigenvalue weighted by Crippen LogP contribution is 2.31. The van der Waals surface area contributed by atoms with Crippen LogP contribution in [0.1, 0.15) is 29.8 Å². The number of imidazole rings is 1. The molecule has 2 unspecified atom stereocenters. The first-order chi connectivity index (χ1) is 11.5. The van der Waals surface area contributed by atoms with Crippen molar-refractivity contribution in [2.24, 2.45) is 0 Å². The molecule has 0 radical (unpaired) electrons. The number of rotatable bonds is 2. The summed E-state index contributed by atoms with van der Waals surface area (Å²) < 4.78 is 31.2. The van der Waals surface area contributed by atoms with Crippen LogP contribution in [-0.2, 0) is 14.6 Å². The minimum Gasteiger partial charge on any atom is -0.374 e. The molecular formula is C16H19N3O4S. The first-order valence-corrected chi connectivity index (χ1v) is 9.95. The zero-order valence-electron chi connectivity index (χ0n) is 13.4. The van der Waals surface area contributed by atoms with Gasteiger partial charge in [0, 0.05) is 19.0 Å². The Labute approximate surface area is 140 Å². The van der Waals surface area contributed by atoms with Gasteiger partial charge in [0.2, 0.25) is 15.0 Å². The Hall–Kier alpha value is -1.93. The fraction of sp³-hybridized carbons (Fsp3) is 0.500. The molecule has 1 aliphatic heterocycles. The minimum atomic E-state index is -3.53. The zero-order valence-corrected chi connectivity index (χ0v) is 14.2.